The van der Waals surface area contributed by atoms with Gasteiger partial charge in [0, 0.05) is 23.1 Å². The number of hydrogen-bond acceptors (Lipinski definition) is 5. The van der Waals surface area contributed by atoms with Gasteiger partial charge in [-0.05, 0) is 24.1 Å². The largest absolute Gasteiger partial charge is 0.379 e. The van der Waals surface area contributed by atoms with Crippen molar-refractivity contribution >= 4 is 23.2 Å². The predicted molar refractivity (Wildman–Crippen MR) is 74.9 cm³/mol. The number of ether oxygens (including phenoxy) is 1. The van der Waals surface area contributed by atoms with Crippen molar-refractivity contribution in [1.29, 1.82) is 0 Å². The van der Waals surface area contributed by atoms with Gasteiger partial charge < -0.3 is 15.0 Å². The fourth-order valence-corrected chi connectivity index (χ4v) is 2.59. The molecule has 1 fully saturated rings. The minimum Gasteiger partial charge on any atom is -0.379 e. The zero-order chi connectivity index (χ0) is 14.2. The van der Waals surface area contributed by atoms with Gasteiger partial charge in [0.1, 0.15) is 5.54 Å². The fourth-order valence-electron chi connectivity index (χ4n) is 2.11. The van der Waals surface area contributed by atoms with Crippen molar-refractivity contribution in [2.75, 3.05) is 13.2 Å². The Morgan fingerprint density at radius 2 is 2.20 bits per heavy atom. The summed E-state index contributed by atoms with van der Waals surface area (Å²) < 4.78 is 10.5. The molecule has 1 saturated heterocycles. The lowest BCUT2D eigenvalue weighted by Crippen LogP contribution is -2.37. The molecule has 5 nitrogen and oxygen atoms in total. The molecule has 2 heterocycles. The molecule has 0 bridgehead atoms. The molecule has 106 valence electrons. The van der Waals surface area contributed by atoms with Crippen molar-refractivity contribution in [3.63, 3.8) is 0 Å². The highest BCUT2D eigenvalue weighted by molar-refractivity contribution is 6.35. The first-order valence-electron chi connectivity index (χ1n) is 6.20. The summed E-state index contributed by atoms with van der Waals surface area (Å²) in [6.07, 6.45) is 1.15. The molecule has 1 aliphatic heterocycles. The SMILES string of the molecule is NC1(c2nc(Cc3ccc(Cl)cc3Cl)no2)CCOC1. The van der Waals surface area contributed by atoms with Crippen LogP contribution in [-0.2, 0) is 16.7 Å². The van der Waals surface area contributed by atoms with Gasteiger partial charge in [0.2, 0.25) is 5.89 Å². The van der Waals surface area contributed by atoms with Gasteiger partial charge in [-0.3, -0.25) is 0 Å². The molecule has 0 spiro atoms. The number of hydrogen-bond donors (Lipinski definition) is 1. The van der Waals surface area contributed by atoms with E-state index in [9.17, 15) is 0 Å². The minimum atomic E-state index is -0.672. The monoisotopic (exact) mass is 313 g/mol. The molecule has 0 saturated carbocycles. The number of rotatable bonds is 3. The first kappa shape index (κ1) is 13.8. The lowest BCUT2D eigenvalue weighted by Gasteiger charge is -2.15. The van der Waals surface area contributed by atoms with Crippen LogP contribution in [0.5, 0.6) is 0 Å². The average molecular weight is 314 g/mol. The van der Waals surface area contributed by atoms with Gasteiger partial charge in [0.25, 0.3) is 0 Å². The maximum absolute atomic E-state index is 6.17. The summed E-state index contributed by atoms with van der Waals surface area (Å²) in [4.78, 5) is 4.35. The van der Waals surface area contributed by atoms with Crippen molar-refractivity contribution in [3.05, 3.63) is 45.5 Å². The lowest BCUT2D eigenvalue weighted by atomic mass is 10.0. The molecule has 2 N–H and O–H groups in total. The molecule has 0 amide bonds. The molecule has 1 aromatic heterocycles. The van der Waals surface area contributed by atoms with Gasteiger partial charge in [-0.25, -0.2) is 0 Å². The van der Waals surface area contributed by atoms with Crippen molar-refractivity contribution in [1.82, 2.24) is 10.1 Å². The number of nitrogens with zero attached hydrogens (tertiary/aromatic N) is 2. The van der Waals surface area contributed by atoms with Crippen LogP contribution in [0.25, 0.3) is 0 Å². The van der Waals surface area contributed by atoms with E-state index >= 15 is 0 Å². The Morgan fingerprint density at radius 3 is 2.90 bits per heavy atom. The molecule has 1 aliphatic rings. The van der Waals surface area contributed by atoms with Crippen molar-refractivity contribution in [2.24, 2.45) is 5.73 Å². The van der Waals surface area contributed by atoms with E-state index in [2.05, 4.69) is 10.1 Å². The Kier molecular flexibility index (Phi) is 3.69. The third-order valence-electron chi connectivity index (χ3n) is 3.31. The van der Waals surface area contributed by atoms with E-state index in [1.807, 2.05) is 6.07 Å². The molecule has 20 heavy (non-hydrogen) atoms. The van der Waals surface area contributed by atoms with Crippen LogP contribution < -0.4 is 5.73 Å². The van der Waals surface area contributed by atoms with E-state index in [1.165, 1.54) is 0 Å². The molecule has 7 heteroatoms. The quantitative estimate of drug-likeness (QED) is 0.942. The van der Waals surface area contributed by atoms with E-state index in [0.29, 0.717) is 47.8 Å². The molecule has 0 aliphatic carbocycles. The molecule has 0 radical (unpaired) electrons. The van der Waals surface area contributed by atoms with Crippen molar-refractivity contribution < 1.29 is 9.26 Å². The van der Waals surface area contributed by atoms with Crippen LogP contribution in [-0.4, -0.2) is 23.4 Å². The third kappa shape index (κ3) is 2.67. The second-order valence-corrected chi connectivity index (χ2v) is 5.73. The highest BCUT2D eigenvalue weighted by Gasteiger charge is 2.38. The number of nitrogens with two attached hydrogens (primary N) is 1. The highest BCUT2D eigenvalue weighted by Crippen LogP contribution is 2.27. The Labute approximate surface area is 126 Å². The second kappa shape index (κ2) is 5.33. The van der Waals surface area contributed by atoms with Gasteiger partial charge in [0.15, 0.2) is 5.82 Å². The van der Waals surface area contributed by atoms with Gasteiger partial charge in [0.05, 0.1) is 6.61 Å². The summed E-state index contributed by atoms with van der Waals surface area (Å²) in [5, 5.41) is 5.12. The standard InChI is InChI=1S/C13H13Cl2N3O2/c14-9-2-1-8(10(15)6-9)5-11-17-12(20-18-11)13(16)3-4-19-7-13/h1-2,6H,3-5,7,16H2. The Morgan fingerprint density at radius 1 is 1.35 bits per heavy atom. The van der Waals surface area contributed by atoms with Gasteiger partial charge in [-0.1, -0.05) is 34.4 Å². The third-order valence-corrected chi connectivity index (χ3v) is 3.90. The zero-order valence-electron chi connectivity index (χ0n) is 10.6. The Bertz CT molecular complexity index is 624. The molecule has 1 atom stereocenters. The zero-order valence-corrected chi connectivity index (χ0v) is 12.1. The van der Waals surface area contributed by atoms with E-state index in [0.717, 1.165) is 5.56 Å². The van der Waals surface area contributed by atoms with Crippen LogP contribution in [0.4, 0.5) is 0 Å². The maximum Gasteiger partial charge on any atom is 0.249 e. The van der Waals surface area contributed by atoms with Crippen molar-refractivity contribution in [2.45, 2.75) is 18.4 Å². The van der Waals surface area contributed by atoms with E-state index in [1.54, 1.807) is 12.1 Å². The second-order valence-electron chi connectivity index (χ2n) is 4.89. The van der Waals surface area contributed by atoms with E-state index < -0.39 is 5.54 Å². The molecule has 3 rings (SSSR count). The van der Waals surface area contributed by atoms with Gasteiger partial charge >= 0.3 is 0 Å². The fraction of sp³-hybridized carbons (Fsp3) is 0.385. The van der Waals surface area contributed by atoms with Crippen LogP contribution in [0.2, 0.25) is 10.0 Å². The predicted octanol–water partition coefficient (Wildman–Crippen LogP) is 2.54. The Hall–Kier alpha value is -1.14. The molecule has 1 aromatic carbocycles. The van der Waals surface area contributed by atoms with Crippen LogP contribution in [0, 0.1) is 0 Å². The van der Waals surface area contributed by atoms with Crippen LogP contribution >= 0.6 is 23.2 Å². The van der Waals surface area contributed by atoms with Crippen LogP contribution in [0.1, 0.15) is 23.7 Å². The minimum absolute atomic E-state index is 0.399. The lowest BCUT2D eigenvalue weighted by molar-refractivity contribution is 0.166. The topological polar surface area (TPSA) is 74.2 Å². The highest BCUT2D eigenvalue weighted by atomic mass is 35.5. The van der Waals surface area contributed by atoms with E-state index in [-0.39, 0.29) is 0 Å². The first-order chi connectivity index (χ1) is 9.57. The number of halogens is 2. The molecular formula is C13H13Cl2N3O2. The van der Waals surface area contributed by atoms with Crippen molar-refractivity contribution in [3.8, 4) is 0 Å². The van der Waals surface area contributed by atoms with Gasteiger partial charge in [-0.2, -0.15) is 4.98 Å². The summed E-state index contributed by atoms with van der Waals surface area (Å²) in [7, 11) is 0. The summed E-state index contributed by atoms with van der Waals surface area (Å²) in [5.41, 5.74) is 6.39. The number of benzene rings is 1. The Balaban J connectivity index is 1.80. The maximum atomic E-state index is 6.17. The van der Waals surface area contributed by atoms with Crippen LogP contribution in [0.3, 0.4) is 0 Å². The first-order valence-corrected chi connectivity index (χ1v) is 6.96. The molecule has 2 aromatic rings. The molecular weight excluding hydrogens is 301 g/mol. The smallest absolute Gasteiger partial charge is 0.249 e. The summed E-state index contributed by atoms with van der Waals surface area (Å²) in [6, 6.07) is 5.31. The number of aromatic nitrogens is 2. The van der Waals surface area contributed by atoms with Gasteiger partial charge in [-0.15, -0.1) is 0 Å². The van der Waals surface area contributed by atoms with E-state index in [4.69, 9.17) is 38.2 Å². The summed E-state index contributed by atoms with van der Waals surface area (Å²) in [5.74, 6) is 0.955. The normalized spacial score (nSPS) is 22.4. The molecule has 1 unspecified atom stereocenters. The summed E-state index contributed by atoms with van der Waals surface area (Å²) >= 11 is 12.0. The average Bonchev–Trinajstić information content (AvgIpc) is 3.03. The van der Waals surface area contributed by atoms with Crippen LogP contribution in [0.15, 0.2) is 22.7 Å². The summed E-state index contributed by atoms with van der Waals surface area (Å²) in [6.45, 7) is 1.01.